The van der Waals surface area contributed by atoms with Crippen molar-refractivity contribution in [2.75, 3.05) is 20.1 Å². The second kappa shape index (κ2) is 9.39. The van der Waals surface area contributed by atoms with Gasteiger partial charge < -0.3 is 20.3 Å². The third-order valence-corrected chi connectivity index (χ3v) is 9.93. The molecule has 0 bridgehead atoms. The number of hydrogen-bond acceptors (Lipinski definition) is 6. The number of aliphatic hydroxyl groups is 1. The molecule has 10 nitrogen and oxygen atoms in total. The fourth-order valence-corrected chi connectivity index (χ4v) is 7.89. The first-order valence-electron chi connectivity index (χ1n) is 16.6. The molecule has 7 rings (SSSR count). The highest BCUT2D eigenvalue weighted by molar-refractivity contribution is 6.01. The molecule has 224 valence electrons. The number of carbonyl (C=O) groups is 3. The highest BCUT2D eigenvalue weighted by Crippen LogP contribution is 2.48. The van der Waals surface area contributed by atoms with Crippen LogP contribution in [-0.4, -0.2) is 92.3 Å². The Kier molecular flexibility index (Phi) is 5.42. The number of benzene rings is 1. The maximum atomic E-state index is 14.5. The second-order valence-electron chi connectivity index (χ2n) is 13.3. The molecule has 10 heteroatoms. The van der Waals surface area contributed by atoms with E-state index in [0.717, 1.165) is 27.6 Å². The summed E-state index contributed by atoms with van der Waals surface area (Å²) in [6.45, 7) is 5.24. The van der Waals surface area contributed by atoms with E-state index >= 15 is 0 Å². The van der Waals surface area contributed by atoms with Gasteiger partial charge in [0.25, 0.3) is 11.8 Å². The van der Waals surface area contributed by atoms with Gasteiger partial charge in [-0.05, 0) is 61.3 Å². The van der Waals surface area contributed by atoms with Gasteiger partial charge in [0.2, 0.25) is 17.5 Å². The van der Waals surface area contributed by atoms with Crippen LogP contribution in [0.25, 0.3) is 16.5 Å². The van der Waals surface area contributed by atoms with Crippen molar-refractivity contribution in [3.63, 3.8) is 0 Å². The average molecular weight is 579 g/mol. The van der Waals surface area contributed by atoms with Crippen molar-refractivity contribution >= 4 is 34.2 Å². The predicted octanol–water partition coefficient (Wildman–Crippen LogP) is 2.43. The van der Waals surface area contributed by atoms with E-state index in [0.29, 0.717) is 32.2 Å². The van der Waals surface area contributed by atoms with Gasteiger partial charge in [0.1, 0.15) is 12.1 Å². The number of aromatic amines is 1. The zero-order valence-electron chi connectivity index (χ0n) is 27.5. The van der Waals surface area contributed by atoms with Gasteiger partial charge in [0.05, 0.1) is 5.92 Å². The monoisotopic (exact) mass is 578 g/mol. The predicted molar refractivity (Wildman–Crippen MR) is 156 cm³/mol. The van der Waals surface area contributed by atoms with E-state index in [9.17, 15) is 19.5 Å². The highest BCUT2D eigenvalue weighted by Gasteiger charge is 2.72. The van der Waals surface area contributed by atoms with Crippen LogP contribution in [0.5, 0.6) is 0 Å². The molecule has 1 aliphatic carbocycles. The molecule has 3 saturated heterocycles. The van der Waals surface area contributed by atoms with E-state index in [-0.39, 0.29) is 18.4 Å². The molecule has 0 saturated carbocycles. The highest BCUT2D eigenvalue weighted by atomic mass is 16.7. The van der Waals surface area contributed by atoms with Crippen LogP contribution in [-0.2, 0) is 25.5 Å². The van der Waals surface area contributed by atoms with Gasteiger partial charge in [0, 0.05) is 46.3 Å². The van der Waals surface area contributed by atoms with Gasteiger partial charge in [-0.15, -0.1) is 0 Å². The molecule has 0 spiro atoms. The number of amides is 3. The van der Waals surface area contributed by atoms with E-state index < -0.39 is 60.4 Å². The third kappa shape index (κ3) is 3.70. The number of carbonyl (C=O) groups excluding carboxylic acids is 3. The molecule has 42 heavy (non-hydrogen) atoms. The maximum absolute atomic E-state index is 14.5. The van der Waals surface area contributed by atoms with E-state index in [4.69, 9.17) is 8.85 Å². The molecule has 0 unspecified atom stereocenters. The molecule has 1 aromatic carbocycles. The molecule has 5 heterocycles. The van der Waals surface area contributed by atoms with Crippen LogP contribution >= 0.6 is 0 Å². The summed E-state index contributed by atoms with van der Waals surface area (Å²) in [5, 5.41) is 16.0. The Morgan fingerprint density at radius 1 is 1.29 bits per heavy atom. The molecule has 3 N–H and O–H groups in total. The first kappa shape index (κ1) is 24.3. The first-order valence-corrected chi connectivity index (χ1v) is 15.1. The van der Waals surface area contributed by atoms with Crippen molar-refractivity contribution in [3.05, 3.63) is 41.6 Å². The van der Waals surface area contributed by atoms with Gasteiger partial charge in [-0.2, -0.15) is 0 Å². The lowest BCUT2D eigenvalue weighted by Gasteiger charge is -2.49. The number of H-pyrrole nitrogens is 1. The van der Waals surface area contributed by atoms with Crippen LogP contribution in [0.3, 0.4) is 0 Å². The lowest BCUT2D eigenvalue weighted by atomic mass is 9.79. The Morgan fingerprint density at radius 3 is 2.83 bits per heavy atom. The summed E-state index contributed by atoms with van der Waals surface area (Å²) in [7, 11) is 0. The fourth-order valence-electron chi connectivity index (χ4n) is 7.89. The van der Waals surface area contributed by atoms with Gasteiger partial charge >= 0.3 is 0 Å². The minimum absolute atomic E-state index is 0.0481. The van der Waals surface area contributed by atoms with Crippen molar-refractivity contribution in [1.29, 1.82) is 0 Å². The smallest absolute Gasteiger partial charge is 0.281 e. The Bertz CT molecular complexity index is 1620. The standard InChI is InChI=1S/C32H41N5O5/c1-17(2)12-25-29(39)36-11-7-10-26(36)32(41)37(25)30(40)31(42-32,18(3)4)34-28(38)20-13-22-21-8-6-9-23-27(21)19(15-33-23)14-24(22)35(5)16-20/h6,8-9,13,15,17-18,20,24-26,33,41H,7,10-12,14,16H2,1-5H3,(H,34,38)/t20-,24+,25-,26-,31+,32-/m0/s1/i5D3. The number of hydrogen-bond donors (Lipinski definition) is 3. The van der Waals surface area contributed by atoms with E-state index in [1.807, 2.05) is 44.3 Å². The molecular weight excluding hydrogens is 534 g/mol. The number of piperazine rings is 1. The minimum atomic E-state index is -2.48. The lowest BCUT2D eigenvalue weighted by Crippen LogP contribution is -2.71. The Morgan fingerprint density at radius 2 is 2.10 bits per heavy atom. The summed E-state index contributed by atoms with van der Waals surface area (Å²) in [6, 6.07) is 3.68. The van der Waals surface area contributed by atoms with E-state index in [2.05, 4.69) is 10.3 Å². The fraction of sp³-hybridized carbons (Fsp3) is 0.594. The topological polar surface area (TPSA) is 118 Å². The van der Waals surface area contributed by atoms with Crippen LogP contribution < -0.4 is 5.32 Å². The molecule has 5 aliphatic rings. The molecule has 3 fully saturated rings. The second-order valence-corrected chi connectivity index (χ2v) is 13.3. The third-order valence-electron chi connectivity index (χ3n) is 9.93. The molecule has 3 amide bonds. The molecule has 6 atom stereocenters. The Labute approximate surface area is 250 Å². The molecule has 0 radical (unpaired) electrons. The Hall–Kier alpha value is -3.21. The van der Waals surface area contributed by atoms with Gasteiger partial charge in [0.15, 0.2) is 0 Å². The lowest BCUT2D eigenvalue weighted by molar-refractivity contribution is -0.322. The Balaban J connectivity index is 1.27. The van der Waals surface area contributed by atoms with Crippen LogP contribution in [0.1, 0.15) is 62.2 Å². The summed E-state index contributed by atoms with van der Waals surface area (Å²) in [5.41, 5.74) is 1.64. The summed E-state index contributed by atoms with van der Waals surface area (Å²) in [6.07, 6.45) is 5.68. The average Bonchev–Trinajstić information content (AvgIpc) is 3.68. The zero-order valence-corrected chi connectivity index (χ0v) is 24.5. The molecule has 2 aromatic rings. The maximum Gasteiger partial charge on any atom is 0.281 e. The molecule has 1 aromatic heterocycles. The van der Waals surface area contributed by atoms with Gasteiger partial charge in [-0.25, -0.2) is 0 Å². The summed E-state index contributed by atoms with van der Waals surface area (Å²) in [4.78, 5) is 49.9. The normalized spacial score (nSPS) is 35.6. The van der Waals surface area contributed by atoms with E-state index in [1.54, 1.807) is 18.7 Å². The SMILES string of the molecule is [2H]C([2H])([2H])N1C[C@@H](C(=O)N[C@]2(C(C)C)O[C@@]3(O)[C@@H]4CCCN4C(=O)[C@H](CC(C)C)N3C2=O)C=C2c3cccc4[nH]cc(c34)C[C@H]21. The van der Waals surface area contributed by atoms with Crippen molar-refractivity contribution in [3.8, 4) is 0 Å². The van der Waals surface area contributed by atoms with Crippen molar-refractivity contribution in [2.45, 2.75) is 83.1 Å². The zero-order chi connectivity index (χ0) is 32.2. The van der Waals surface area contributed by atoms with Gasteiger partial charge in [-0.1, -0.05) is 45.9 Å². The molecular formula is C32H41N5O5. The van der Waals surface area contributed by atoms with Crippen LogP contribution in [0.2, 0.25) is 0 Å². The number of ether oxygens (including phenoxy) is 1. The number of rotatable bonds is 5. The van der Waals surface area contributed by atoms with Crippen LogP contribution in [0, 0.1) is 17.8 Å². The van der Waals surface area contributed by atoms with Gasteiger partial charge in [-0.3, -0.25) is 28.9 Å². The van der Waals surface area contributed by atoms with E-state index in [1.165, 1.54) is 9.80 Å². The summed E-state index contributed by atoms with van der Waals surface area (Å²) < 4.78 is 31.5. The van der Waals surface area contributed by atoms with Crippen molar-refractivity contribution in [1.82, 2.24) is 25.0 Å². The largest absolute Gasteiger partial charge is 0.361 e. The number of nitrogens with one attached hydrogen (secondary N) is 2. The van der Waals surface area contributed by atoms with Crippen molar-refractivity contribution < 1.29 is 28.3 Å². The minimum Gasteiger partial charge on any atom is -0.361 e. The number of likely N-dealkylation sites (N-methyl/N-ethyl adjacent to an activating group) is 1. The number of nitrogens with zero attached hydrogens (tertiary/aromatic N) is 3. The van der Waals surface area contributed by atoms with Crippen LogP contribution in [0.4, 0.5) is 0 Å². The summed E-state index contributed by atoms with van der Waals surface area (Å²) >= 11 is 0. The molecule has 4 aliphatic heterocycles. The number of aromatic nitrogens is 1. The van der Waals surface area contributed by atoms with Crippen molar-refractivity contribution in [2.24, 2.45) is 17.8 Å². The quantitative estimate of drug-likeness (QED) is 0.502. The summed E-state index contributed by atoms with van der Waals surface area (Å²) in [5.74, 6) is -5.07. The van der Waals surface area contributed by atoms with Crippen LogP contribution in [0.15, 0.2) is 30.5 Å². The first-order chi connectivity index (χ1) is 21.2. The number of fused-ring (bicyclic) bond motifs is 5.